The van der Waals surface area contributed by atoms with Crippen molar-refractivity contribution in [2.75, 3.05) is 12.4 Å². The molecule has 8 heteroatoms. The zero-order valence-corrected chi connectivity index (χ0v) is 21.5. The third-order valence-corrected chi connectivity index (χ3v) is 6.33. The first-order chi connectivity index (χ1) is 19.0. The SMILES string of the molecule is COc1cncc(NCc2cc3cc(COc4ccccc4CC(=O)O)cc(-c4cccc(CN)c4)c3o2)c1. The maximum absolute atomic E-state index is 11.3. The fraction of sp³-hybridized carbons (Fsp3) is 0.161. The summed E-state index contributed by atoms with van der Waals surface area (Å²) in [5.74, 6) is 1.07. The average Bonchev–Trinajstić information content (AvgIpc) is 3.38. The maximum Gasteiger partial charge on any atom is 0.307 e. The Bertz CT molecular complexity index is 1610. The van der Waals surface area contributed by atoms with Crippen LogP contribution in [-0.2, 0) is 30.9 Å². The molecule has 8 nitrogen and oxygen atoms in total. The Morgan fingerprint density at radius 1 is 1.03 bits per heavy atom. The lowest BCUT2D eigenvalue weighted by Crippen LogP contribution is -2.04. The number of nitrogens with one attached hydrogen (secondary N) is 1. The van der Waals surface area contributed by atoms with Crippen molar-refractivity contribution in [2.24, 2.45) is 5.73 Å². The number of nitrogens with zero attached hydrogens (tertiary/aromatic N) is 1. The van der Waals surface area contributed by atoms with Crippen LogP contribution < -0.4 is 20.5 Å². The van der Waals surface area contributed by atoms with E-state index in [-0.39, 0.29) is 13.0 Å². The molecule has 0 saturated carbocycles. The molecule has 0 amide bonds. The number of nitrogens with two attached hydrogens (primary N) is 1. The zero-order chi connectivity index (χ0) is 27.2. The summed E-state index contributed by atoms with van der Waals surface area (Å²) in [4.78, 5) is 15.5. The second-order valence-electron chi connectivity index (χ2n) is 9.11. The van der Waals surface area contributed by atoms with Gasteiger partial charge in [-0.15, -0.1) is 0 Å². The van der Waals surface area contributed by atoms with E-state index in [1.807, 2.05) is 54.6 Å². The normalized spacial score (nSPS) is 10.9. The number of aromatic nitrogens is 1. The van der Waals surface area contributed by atoms with Crippen LogP contribution in [0.3, 0.4) is 0 Å². The van der Waals surface area contributed by atoms with Gasteiger partial charge in [-0.1, -0.05) is 36.4 Å². The van der Waals surface area contributed by atoms with Gasteiger partial charge in [0, 0.05) is 29.1 Å². The van der Waals surface area contributed by atoms with Crippen molar-refractivity contribution in [3.05, 3.63) is 108 Å². The van der Waals surface area contributed by atoms with Crippen molar-refractivity contribution in [2.45, 2.75) is 26.1 Å². The van der Waals surface area contributed by atoms with E-state index in [4.69, 9.17) is 19.6 Å². The molecule has 0 aliphatic heterocycles. The molecular weight excluding hydrogens is 494 g/mol. The first-order valence-corrected chi connectivity index (χ1v) is 12.5. The van der Waals surface area contributed by atoms with Crippen LogP contribution in [-0.4, -0.2) is 23.2 Å². The number of para-hydroxylation sites is 1. The van der Waals surface area contributed by atoms with Gasteiger partial charge >= 0.3 is 5.97 Å². The van der Waals surface area contributed by atoms with E-state index in [2.05, 4.69) is 16.4 Å². The molecule has 0 aliphatic rings. The third-order valence-electron chi connectivity index (χ3n) is 6.33. The molecule has 39 heavy (non-hydrogen) atoms. The van der Waals surface area contributed by atoms with Crippen molar-refractivity contribution < 1.29 is 23.8 Å². The summed E-state index contributed by atoms with van der Waals surface area (Å²) in [6.07, 6.45) is 3.28. The molecule has 0 spiro atoms. The molecule has 0 aliphatic carbocycles. The fourth-order valence-corrected chi connectivity index (χ4v) is 4.45. The molecule has 0 saturated heterocycles. The van der Waals surface area contributed by atoms with Crippen LogP contribution in [0.2, 0.25) is 0 Å². The Morgan fingerprint density at radius 3 is 2.72 bits per heavy atom. The number of pyridine rings is 1. The summed E-state index contributed by atoms with van der Waals surface area (Å²) in [7, 11) is 1.60. The Kier molecular flexibility index (Phi) is 7.75. The molecule has 2 heterocycles. The Morgan fingerprint density at radius 2 is 1.90 bits per heavy atom. The van der Waals surface area contributed by atoms with E-state index in [0.717, 1.165) is 44.7 Å². The van der Waals surface area contributed by atoms with Gasteiger partial charge in [-0.25, -0.2) is 0 Å². The van der Waals surface area contributed by atoms with Gasteiger partial charge in [0.25, 0.3) is 0 Å². The minimum atomic E-state index is -0.904. The summed E-state index contributed by atoms with van der Waals surface area (Å²) in [6, 6.07) is 23.2. The summed E-state index contributed by atoms with van der Waals surface area (Å²) in [5.41, 5.74) is 12.0. The molecule has 5 aromatic rings. The second-order valence-corrected chi connectivity index (χ2v) is 9.11. The molecular formula is C31H29N3O5. The Labute approximate surface area is 226 Å². The van der Waals surface area contributed by atoms with Gasteiger partial charge in [0.1, 0.15) is 29.4 Å². The summed E-state index contributed by atoms with van der Waals surface area (Å²) < 4.78 is 17.7. The molecule has 5 rings (SSSR count). The molecule has 0 bridgehead atoms. The second kappa shape index (κ2) is 11.7. The lowest BCUT2D eigenvalue weighted by atomic mass is 9.99. The molecule has 0 atom stereocenters. The van der Waals surface area contributed by atoms with Crippen molar-refractivity contribution >= 4 is 22.6 Å². The topological polar surface area (TPSA) is 120 Å². The maximum atomic E-state index is 11.3. The van der Waals surface area contributed by atoms with Crippen LogP contribution in [0.1, 0.15) is 22.5 Å². The summed E-state index contributed by atoms with van der Waals surface area (Å²) >= 11 is 0. The average molecular weight is 524 g/mol. The molecule has 4 N–H and O–H groups in total. The number of carboxylic acids is 1. The lowest BCUT2D eigenvalue weighted by Gasteiger charge is -2.12. The predicted octanol–water partition coefficient (Wildman–Crippen LogP) is 5.78. The molecule has 3 aromatic carbocycles. The van der Waals surface area contributed by atoms with Crippen molar-refractivity contribution in [3.63, 3.8) is 0 Å². The van der Waals surface area contributed by atoms with Crippen molar-refractivity contribution in [1.29, 1.82) is 0 Å². The smallest absolute Gasteiger partial charge is 0.307 e. The first kappa shape index (κ1) is 25.8. The summed E-state index contributed by atoms with van der Waals surface area (Å²) in [5, 5.41) is 13.5. The van der Waals surface area contributed by atoms with E-state index >= 15 is 0 Å². The van der Waals surface area contributed by atoms with E-state index in [9.17, 15) is 9.90 Å². The standard InChI is InChI=1S/C31H29N3O5/c1-37-26-14-25(16-33-17-26)34-18-27-12-24-10-21(19-38-29-8-3-2-6-23(29)13-30(35)36)11-28(31(24)39-27)22-7-4-5-20(9-22)15-32/h2-12,14,16-17,34H,13,15,18-19,32H2,1H3,(H,35,36). The van der Waals surface area contributed by atoms with E-state index in [0.29, 0.717) is 30.2 Å². The molecule has 2 aromatic heterocycles. The molecule has 198 valence electrons. The number of hydrogen-bond donors (Lipinski definition) is 3. The van der Waals surface area contributed by atoms with Crippen LogP contribution in [0.5, 0.6) is 11.5 Å². The highest BCUT2D eigenvalue weighted by atomic mass is 16.5. The quantitative estimate of drug-likeness (QED) is 0.199. The molecule has 0 unspecified atom stereocenters. The number of hydrogen-bond acceptors (Lipinski definition) is 7. The fourth-order valence-electron chi connectivity index (χ4n) is 4.45. The number of methoxy groups -OCH3 is 1. The van der Waals surface area contributed by atoms with Crippen LogP contribution in [0.4, 0.5) is 5.69 Å². The number of carbonyl (C=O) groups is 1. The van der Waals surface area contributed by atoms with E-state index in [1.165, 1.54) is 0 Å². The highest BCUT2D eigenvalue weighted by molar-refractivity contribution is 5.93. The van der Waals surface area contributed by atoms with E-state index in [1.54, 1.807) is 31.6 Å². The first-order valence-electron chi connectivity index (χ1n) is 12.5. The Hall–Kier alpha value is -4.82. The van der Waals surface area contributed by atoms with Gasteiger partial charge < -0.3 is 30.0 Å². The van der Waals surface area contributed by atoms with Crippen molar-refractivity contribution in [1.82, 2.24) is 4.98 Å². The predicted molar refractivity (Wildman–Crippen MR) is 150 cm³/mol. The van der Waals surface area contributed by atoms with Gasteiger partial charge in [-0.3, -0.25) is 9.78 Å². The number of aliphatic carboxylic acids is 1. The minimum Gasteiger partial charge on any atom is -0.495 e. The highest BCUT2D eigenvalue weighted by Crippen LogP contribution is 2.34. The number of ether oxygens (including phenoxy) is 2. The van der Waals surface area contributed by atoms with Gasteiger partial charge in [0.05, 0.1) is 38.2 Å². The van der Waals surface area contributed by atoms with Crippen molar-refractivity contribution in [3.8, 4) is 22.6 Å². The number of furan rings is 1. The van der Waals surface area contributed by atoms with Gasteiger partial charge in [-0.2, -0.15) is 0 Å². The number of benzene rings is 3. The van der Waals surface area contributed by atoms with Gasteiger partial charge in [0.2, 0.25) is 0 Å². The molecule has 0 radical (unpaired) electrons. The zero-order valence-electron chi connectivity index (χ0n) is 21.5. The van der Waals surface area contributed by atoms with Gasteiger partial charge in [0.15, 0.2) is 0 Å². The van der Waals surface area contributed by atoms with Crippen LogP contribution in [0.25, 0.3) is 22.1 Å². The lowest BCUT2D eigenvalue weighted by molar-refractivity contribution is -0.136. The molecule has 0 fully saturated rings. The van der Waals surface area contributed by atoms with Gasteiger partial charge in [-0.05, 0) is 47.0 Å². The number of rotatable bonds is 11. The number of fused-ring (bicyclic) bond motifs is 1. The third kappa shape index (κ3) is 6.19. The monoisotopic (exact) mass is 523 g/mol. The largest absolute Gasteiger partial charge is 0.495 e. The summed E-state index contributed by atoms with van der Waals surface area (Å²) in [6.45, 7) is 1.16. The highest BCUT2D eigenvalue weighted by Gasteiger charge is 2.15. The number of anilines is 1. The van der Waals surface area contributed by atoms with Crippen LogP contribution in [0, 0.1) is 0 Å². The van der Waals surface area contributed by atoms with Crippen LogP contribution >= 0.6 is 0 Å². The van der Waals surface area contributed by atoms with E-state index < -0.39 is 5.97 Å². The Balaban J connectivity index is 1.47. The van der Waals surface area contributed by atoms with Crippen LogP contribution in [0.15, 0.2) is 89.6 Å². The number of carboxylic acid groups (broad SMARTS) is 1. The minimum absolute atomic E-state index is 0.104.